The van der Waals surface area contributed by atoms with Gasteiger partial charge in [0.05, 0.1) is 40.5 Å². The molecule has 8 nitrogen and oxygen atoms in total. The molecule has 1 aliphatic rings. The number of rotatable bonds is 8. The molecule has 9 heteroatoms. The van der Waals surface area contributed by atoms with Crippen molar-refractivity contribution in [1.82, 2.24) is 4.90 Å². The molecule has 0 aromatic heterocycles. The van der Waals surface area contributed by atoms with Crippen molar-refractivity contribution in [2.24, 2.45) is 0 Å². The molecule has 0 amide bonds. The lowest BCUT2D eigenvalue weighted by molar-refractivity contribution is 0.0556. The number of carbonyl (C=O) groups is 1. The van der Waals surface area contributed by atoms with E-state index in [1.54, 1.807) is 57.7 Å². The average Bonchev–Trinajstić information content (AvgIpc) is 3.23. The van der Waals surface area contributed by atoms with Gasteiger partial charge >= 0.3 is 5.97 Å². The molecule has 0 saturated carbocycles. The maximum Gasteiger partial charge on any atom is 0.339 e. The minimum absolute atomic E-state index is 0.0247. The van der Waals surface area contributed by atoms with Gasteiger partial charge in [-0.3, -0.25) is 9.69 Å². The zero-order chi connectivity index (χ0) is 29.5. The molecular weight excluding hydrogens is 590 g/mol. The molecule has 41 heavy (non-hydrogen) atoms. The lowest BCUT2D eigenvalue weighted by atomic mass is 9.95. The van der Waals surface area contributed by atoms with Crippen LogP contribution in [0, 0.1) is 11.8 Å². The molecule has 3 aromatic carbocycles. The highest BCUT2D eigenvalue weighted by Crippen LogP contribution is 2.50. The van der Waals surface area contributed by atoms with E-state index in [4.69, 9.17) is 23.7 Å². The number of benzene rings is 2. The van der Waals surface area contributed by atoms with Gasteiger partial charge in [0.2, 0.25) is 11.2 Å². The molecule has 4 rings (SSSR count). The molecule has 0 unspecified atom stereocenters. The summed E-state index contributed by atoms with van der Waals surface area (Å²) in [4.78, 5) is 27.4. The van der Waals surface area contributed by atoms with Crippen molar-refractivity contribution >= 4 is 21.9 Å². The molecule has 0 radical (unpaired) electrons. The van der Waals surface area contributed by atoms with Gasteiger partial charge in [-0.2, -0.15) is 0 Å². The number of ether oxygens (including phenoxy) is 5. The van der Waals surface area contributed by atoms with Crippen molar-refractivity contribution in [2.45, 2.75) is 18.9 Å². The SMILES string of the molecule is COc1cc2c(c(OC)c1OC)-c1ccc(OC)c(=O)cc1[C@@H](N(C)CC#CCOC(=O)c1ccc(Br)cc1)CC2. The summed E-state index contributed by atoms with van der Waals surface area (Å²) >= 11 is 3.35. The van der Waals surface area contributed by atoms with Gasteiger partial charge in [0.1, 0.15) is 0 Å². The summed E-state index contributed by atoms with van der Waals surface area (Å²) in [7, 11) is 8.19. The Labute approximate surface area is 248 Å². The van der Waals surface area contributed by atoms with Crippen molar-refractivity contribution in [3.8, 4) is 46.0 Å². The third kappa shape index (κ3) is 6.50. The second kappa shape index (κ2) is 13.6. The molecule has 1 atom stereocenters. The normalized spacial score (nSPS) is 13.6. The lowest BCUT2D eigenvalue weighted by Crippen LogP contribution is -2.26. The van der Waals surface area contributed by atoms with Gasteiger partial charge in [-0.15, -0.1) is 0 Å². The first-order valence-electron chi connectivity index (χ1n) is 13.0. The summed E-state index contributed by atoms with van der Waals surface area (Å²) in [6.07, 6.45) is 1.41. The van der Waals surface area contributed by atoms with Crippen LogP contribution in [-0.4, -0.2) is 59.5 Å². The fourth-order valence-electron chi connectivity index (χ4n) is 5.02. The van der Waals surface area contributed by atoms with Crippen LogP contribution in [0.15, 0.2) is 57.8 Å². The predicted octanol–water partition coefficient (Wildman–Crippen LogP) is 5.29. The van der Waals surface area contributed by atoms with E-state index in [2.05, 4.69) is 32.7 Å². The second-order valence-corrected chi connectivity index (χ2v) is 10.3. The smallest absolute Gasteiger partial charge is 0.339 e. The highest BCUT2D eigenvalue weighted by molar-refractivity contribution is 9.10. The van der Waals surface area contributed by atoms with E-state index in [0.29, 0.717) is 42.2 Å². The van der Waals surface area contributed by atoms with Gasteiger partial charge < -0.3 is 23.7 Å². The lowest BCUT2D eigenvalue weighted by Gasteiger charge is -2.26. The molecular formula is C32H32BrNO7. The Morgan fingerprint density at radius 3 is 2.29 bits per heavy atom. The quantitative estimate of drug-likeness (QED) is 0.248. The van der Waals surface area contributed by atoms with Gasteiger partial charge in [0.15, 0.2) is 23.9 Å². The molecule has 0 fully saturated rings. The van der Waals surface area contributed by atoms with Crippen molar-refractivity contribution in [1.29, 1.82) is 0 Å². The molecule has 0 aliphatic heterocycles. The van der Waals surface area contributed by atoms with Crippen LogP contribution in [0.3, 0.4) is 0 Å². The molecule has 3 aromatic rings. The Hall–Kier alpha value is -4.00. The first-order chi connectivity index (χ1) is 19.8. The topological polar surface area (TPSA) is 83.5 Å². The van der Waals surface area contributed by atoms with Gasteiger partial charge in [-0.25, -0.2) is 4.79 Å². The van der Waals surface area contributed by atoms with E-state index in [0.717, 1.165) is 26.7 Å². The zero-order valence-corrected chi connectivity index (χ0v) is 25.3. The zero-order valence-electron chi connectivity index (χ0n) is 23.7. The van der Waals surface area contributed by atoms with Gasteiger partial charge in [0, 0.05) is 16.1 Å². The first kappa shape index (κ1) is 30.0. The standard InChI is InChI=1S/C32H32BrNO7/c1-34(16-6-7-17-41-32(36)20-8-11-22(33)12-9-20)25-14-10-21-18-28(38-3)30(39-4)31(40-5)29(21)23-13-15-27(37-2)26(35)19-24(23)25/h8-9,11-13,15,18-19,25H,10,14,16-17H2,1-5H3/t25-/m0/s1. The minimum Gasteiger partial charge on any atom is -0.493 e. The number of halogens is 1. The molecule has 1 aliphatic carbocycles. The fourth-order valence-corrected chi connectivity index (χ4v) is 5.28. The van der Waals surface area contributed by atoms with E-state index >= 15 is 0 Å². The number of methoxy groups -OCH3 is 4. The highest BCUT2D eigenvalue weighted by Gasteiger charge is 2.30. The van der Waals surface area contributed by atoms with Crippen LogP contribution in [-0.2, 0) is 11.2 Å². The van der Waals surface area contributed by atoms with Gasteiger partial charge in [-0.1, -0.05) is 33.8 Å². The molecule has 0 N–H and O–H groups in total. The summed E-state index contributed by atoms with van der Waals surface area (Å²) in [5.74, 6) is 7.43. The Morgan fingerprint density at radius 1 is 0.927 bits per heavy atom. The summed E-state index contributed by atoms with van der Waals surface area (Å²) < 4.78 is 28.7. The Balaban J connectivity index is 1.65. The molecule has 0 saturated heterocycles. The van der Waals surface area contributed by atoms with Crippen molar-refractivity contribution < 1.29 is 28.5 Å². The van der Waals surface area contributed by atoms with Gasteiger partial charge in [-0.05, 0) is 79.0 Å². The molecule has 214 valence electrons. The third-order valence-electron chi connectivity index (χ3n) is 7.03. The number of fused-ring (bicyclic) bond motifs is 3. The minimum atomic E-state index is -0.431. The summed E-state index contributed by atoms with van der Waals surface area (Å²) in [5, 5.41) is 0. The number of esters is 1. The average molecular weight is 623 g/mol. The number of hydrogen-bond donors (Lipinski definition) is 0. The monoisotopic (exact) mass is 621 g/mol. The van der Waals surface area contributed by atoms with E-state index in [-0.39, 0.29) is 23.8 Å². The van der Waals surface area contributed by atoms with Crippen LogP contribution in [0.4, 0.5) is 0 Å². The first-order valence-corrected chi connectivity index (χ1v) is 13.7. The molecule has 0 bridgehead atoms. The summed E-state index contributed by atoms with van der Waals surface area (Å²) in [6.45, 7) is 0.368. The number of aryl methyl sites for hydroxylation is 1. The summed E-state index contributed by atoms with van der Waals surface area (Å²) in [6, 6.07) is 14.0. The Bertz CT molecular complexity index is 1540. The number of carbonyl (C=O) groups excluding carboxylic acids is 1. The third-order valence-corrected chi connectivity index (χ3v) is 7.56. The van der Waals surface area contributed by atoms with Crippen molar-refractivity contribution in [3.05, 3.63) is 79.9 Å². The molecule has 0 heterocycles. The van der Waals surface area contributed by atoms with Crippen molar-refractivity contribution in [3.63, 3.8) is 0 Å². The van der Waals surface area contributed by atoms with E-state index in [1.807, 2.05) is 19.2 Å². The van der Waals surface area contributed by atoms with E-state index < -0.39 is 5.97 Å². The van der Waals surface area contributed by atoms with Crippen LogP contribution in [0.1, 0.15) is 33.9 Å². The van der Waals surface area contributed by atoms with Crippen LogP contribution in [0.25, 0.3) is 11.1 Å². The Morgan fingerprint density at radius 2 is 1.63 bits per heavy atom. The number of nitrogens with zero attached hydrogens (tertiary/aromatic N) is 1. The van der Waals surface area contributed by atoms with Gasteiger partial charge in [0.25, 0.3) is 0 Å². The van der Waals surface area contributed by atoms with Crippen LogP contribution in [0.2, 0.25) is 0 Å². The Kier molecular flexibility index (Phi) is 9.92. The van der Waals surface area contributed by atoms with E-state index in [1.165, 1.54) is 7.11 Å². The van der Waals surface area contributed by atoms with Crippen molar-refractivity contribution in [2.75, 3.05) is 48.6 Å². The van der Waals surface area contributed by atoms with Crippen LogP contribution < -0.4 is 24.4 Å². The van der Waals surface area contributed by atoms with E-state index in [9.17, 15) is 9.59 Å². The second-order valence-electron chi connectivity index (χ2n) is 9.36. The maximum atomic E-state index is 13.1. The summed E-state index contributed by atoms with van der Waals surface area (Å²) in [5.41, 5.74) is 3.76. The maximum absolute atomic E-state index is 13.1. The predicted molar refractivity (Wildman–Crippen MR) is 160 cm³/mol. The molecule has 0 spiro atoms. The van der Waals surface area contributed by atoms with Crippen LogP contribution >= 0.6 is 15.9 Å². The fraction of sp³-hybridized carbons (Fsp3) is 0.312. The number of hydrogen-bond acceptors (Lipinski definition) is 8. The largest absolute Gasteiger partial charge is 0.493 e. The van der Waals surface area contributed by atoms with Crippen LogP contribution in [0.5, 0.6) is 23.0 Å². The highest BCUT2D eigenvalue weighted by atomic mass is 79.9.